The van der Waals surface area contributed by atoms with E-state index in [0.717, 1.165) is 0 Å². The molecule has 0 aliphatic carbocycles. The van der Waals surface area contributed by atoms with Gasteiger partial charge in [0.05, 0.1) is 0 Å². The molecule has 0 aliphatic heterocycles. The standard InChI is InChI=1S/C8H14N2O4/c9-6(8(13)14-10)4-2-1-3-5-7(11)12/h1-2,6H,3-5,9-10H2,(H,11,12). The lowest BCUT2D eigenvalue weighted by atomic mass is 10.2. The monoisotopic (exact) mass is 202 g/mol. The van der Waals surface area contributed by atoms with Gasteiger partial charge in [0, 0.05) is 6.42 Å². The average molecular weight is 202 g/mol. The van der Waals surface area contributed by atoms with Crippen molar-refractivity contribution in [2.75, 3.05) is 0 Å². The minimum atomic E-state index is -0.861. The molecule has 6 nitrogen and oxygen atoms in total. The summed E-state index contributed by atoms with van der Waals surface area (Å²) in [6.07, 6.45) is 4.05. The molecule has 0 bridgehead atoms. The number of carbonyl (C=O) groups is 2. The summed E-state index contributed by atoms with van der Waals surface area (Å²) in [6.45, 7) is 0. The zero-order valence-corrected chi connectivity index (χ0v) is 7.68. The van der Waals surface area contributed by atoms with E-state index < -0.39 is 18.0 Å². The first-order valence-corrected chi connectivity index (χ1v) is 4.11. The van der Waals surface area contributed by atoms with Crippen molar-refractivity contribution < 1.29 is 19.5 Å². The fourth-order valence-electron chi connectivity index (χ4n) is 0.751. The van der Waals surface area contributed by atoms with Crippen LogP contribution in [-0.2, 0) is 14.4 Å². The molecule has 0 amide bonds. The minimum absolute atomic E-state index is 0.0626. The number of allylic oxidation sites excluding steroid dienone is 1. The van der Waals surface area contributed by atoms with E-state index in [1.807, 2.05) is 0 Å². The Hall–Kier alpha value is -1.40. The van der Waals surface area contributed by atoms with Crippen LogP contribution in [0, 0.1) is 0 Å². The van der Waals surface area contributed by atoms with Gasteiger partial charge in [0.25, 0.3) is 0 Å². The normalized spacial score (nSPS) is 12.7. The van der Waals surface area contributed by atoms with Crippen molar-refractivity contribution in [2.24, 2.45) is 11.6 Å². The fraction of sp³-hybridized carbons (Fsp3) is 0.500. The van der Waals surface area contributed by atoms with Crippen LogP contribution in [0.2, 0.25) is 0 Å². The fourth-order valence-corrected chi connectivity index (χ4v) is 0.751. The molecule has 0 fully saturated rings. The van der Waals surface area contributed by atoms with Gasteiger partial charge in [-0.25, -0.2) is 4.79 Å². The van der Waals surface area contributed by atoms with Gasteiger partial charge >= 0.3 is 11.9 Å². The van der Waals surface area contributed by atoms with E-state index in [0.29, 0.717) is 6.42 Å². The van der Waals surface area contributed by atoms with E-state index in [1.165, 1.54) is 0 Å². The highest BCUT2D eigenvalue weighted by Crippen LogP contribution is 1.96. The highest BCUT2D eigenvalue weighted by atomic mass is 16.7. The SMILES string of the molecule is NOC(=O)C(N)CC=CCCC(=O)O. The van der Waals surface area contributed by atoms with Crippen LogP contribution in [0.1, 0.15) is 19.3 Å². The first-order chi connectivity index (χ1) is 6.57. The van der Waals surface area contributed by atoms with Crippen LogP contribution in [0.3, 0.4) is 0 Å². The molecule has 0 aromatic heterocycles. The predicted molar refractivity (Wildman–Crippen MR) is 48.9 cm³/mol. The van der Waals surface area contributed by atoms with Crippen LogP contribution in [-0.4, -0.2) is 23.1 Å². The number of carboxylic acid groups (broad SMARTS) is 1. The van der Waals surface area contributed by atoms with Gasteiger partial charge in [0.2, 0.25) is 0 Å². The van der Waals surface area contributed by atoms with Gasteiger partial charge in [-0.1, -0.05) is 12.2 Å². The molecule has 0 aromatic rings. The summed E-state index contributed by atoms with van der Waals surface area (Å²) in [5.74, 6) is 3.06. The molecule has 80 valence electrons. The van der Waals surface area contributed by atoms with E-state index in [4.69, 9.17) is 10.8 Å². The summed E-state index contributed by atoms with van der Waals surface area (Å²) in [4.78, 5) is 24.7. The first-order valence-electron chi connectivity index (χ1n) is 4.11. The van der Waals surface area contributed by atoms with Gasteiger partial charge in [0.1, 0.15) is 6.04 Å². The molecular weight excluding hydrogens is 188 g/mol. The molecule has 0 aliphatic rings. The molecule has 5 N–H and O–H groups in total. The lowest BCUT2D eigenvalue weighted by molar-refractivity contribution is -0.145. The van der Waals surface area contributed by atoms with Crippen LogP contribution >= 0.6 is 0 Å². The Morgan fingerprint density at radius 2 is 2.07 bits per heavy atom. The maximum atomic E-state index is 10.7. The second-order valence-corrected chi connectivity index (χ2v) is 2.68. The summed E-state index contributed by atoms with van der Waals surface area (Å²) in [7, 11) is 0. The molecule has 0 spiro atoms. The quantitative estimate of drug-likeness (QED) is 0.396. The third-order valence-corrected chi connectivity index (χ3v) is 1.50. The number of hydrogen-bond acceptors (Lipinski definition) is 5. The van der Waals surface area contributed by atoms with Crippen molar-refractivity contribution in [3.8, 4) is 0 Å². The topological polar surface area (TPSA) is 116 Å². The largest absolute Gasteiger partial charge is 0.481 e. The Morgan fingerprint density at radius 3 is 2.57 bits per heavy atom. The van der Waals surface area contributed by atoms with Crippen molar-refractivity contribution in [2.45, 2.75) is 25.3 Å². The second-order valence-electron chi connectivity index (χ2n) is 2.68. The molecule has 1 unspecified atom stereocenters. The van der Waals surface area contributed by atoms with Crippen molar-refractivity contribution in [3.63, 3.8) is 0 Å². The Bertz CT molecular complexity index is 227. The molecule has 6 heteroatoms. The lowest BCUT2D eigenvalue weighted by Gasteiger charge is -2.03. The highest BCUT2D eigenvalue weighted by Gasteiger charge is 2.11. The van der Waals surface area contributed by atoms with E-state index in [9.17, 15) is 9.59 Å². The highest BCUT2D eigenvalue weighted by molar-refractivity contribution is 5.75. The Kier molecular flexibility index (Phi) is 6.34. The third-order valence-electron chi connectivity index (χ3n) is 1.50. The maximum absolute atomic E-state index is 10.7. The van der Waals surface area contributed by atoms with Gasteiger partial charge in [-0.15, -0.1) is 0 Å². The number of nitrogens with two attached hydrogens (primary N) is 2. The molecule has 0 rings (SSSR count). The Labute approximate surface area is 81.5 Å². The number of hydrogen-bond donors (Lipinski definition) is 3. The molecular formula is C8H14N2O4. The van der Waals surface area contributed by atoms with Gasteiger partial charge in [-0.2, -0.15) is 5.90 Å². The Balaban J connectivity index is 3.60. The summed E-state index contributed by atoms with van der Waals surface area (Å²) in [5.41, 5.74) is 5.35. The second kappa shape index (κ2) is 7.05. The molecule has 0 saturated carbocycles. The summed E-state index contributed by atoms with van der Waals surface area (Å²) in [5, 5.41) is 8.30. The minimum Gasteiger partial charge on any atom is -0.481 e. The van der Waals surface area contributed by atoms with E-state index in [-0.39, 0.29) is 12.8 Å². The third kappa shape index (κ3) is 6.15. The average Bonchev–Trinajstić information content (AvgIpc) is 2.15. The van der Waals surface area contributed by atoms with Crippen molar-refractivity contribution in [1.29, 1.82) is 0 Å². The molecule has 0 heterocycles. The molecule has 0 aromatic carbocycles. The Morgan fingerprint density at radius 1 is 1.43 bits per heavy atom. The molecule has 1 atom stereocenters. The van der Waals surface area contributed by atoms with Gasteiger partial charge in [-0.3, -0.25) is 4.79 Å². The maximum Gasteiger partial charge on any atom is 0.341 e. The molecule has 0 saturated heterocycles. The van der Waals surface area contributed by atoms with Crippen molar-refractivity contribution in [1.82, 2.24) is 0 Å². The van der Waals surface area contributed by atoms with Crippen LogP contribution in [0.5, 0.6) is 0 Å². The lowest BCUT2D eigenvalue weighted by Crippen LogP contribution is -2.33. The molecule has 14 heavy (non-hydrogen) atoms. The van der Waals surface area contributed by atoms with E-state index in [1.54, 1.807) is 12.2 Å². The predicted octanol–water partition coefficient (Wildman–Crippen LogP) is -0.458. The van der Waals surface area contributed by atoms with Crippen LogP contribution in [0.25, 0.3) is 0 Å². The van der Waals surface area contributed by atoms with Gasteiger partial charge < -0.3 is 15.7 Å². The molecule has 0 radical (unpaired) electrons. The zero-order chi connectivity index (χ0) is 11.0. The van der Waals surface area contributed by atoms with Crippen LogP contribution < -0.4 is 11.6 Å². The van der Waals surface area contributed by atoms with E-state index in [2.05, 4.69) is 10.7 Å². The number of aliphatic carboxylic acids is 1. The van der Waals surface area contributed by atoms with Gasteiger partial charge in [0.15, 0.2) is 0 Å². The van der Waals surface area contributed by atoms with Crippen molar-refractivity contribution >= 4 is 11.9 Å². The van der Waals surface area contributed by atoms with E-state index >= 15 is 0 Å². The van der Waals surface area contributed by atoms with Crippen molar-refractivity contribution in [3.05, 3.63) is 12.2 Å². The van der Waals surface area contributed by atoms with Crippen LogP contribution in [0.15, 0.2) is 12.2 Å². The number of carbonyl (C=O) groups excluding carboxylic acids is 1. The summed E-state index contributed by atoms with van der Waals surface area (Å²) in [6, 6.07) is -0.791. The number of rotatable bonds is 6. The summed E-state index contributed by atoms with van der Waals surface area (Å²) >= 11 is 0. The smallest absolute Gasteiger partial charge is 0.341 e. The van der Waals surface area contributed by atoms with Crippen LogP contribution in [0.4, 0.5) is 0 Å². The van der Waals surface area contributed by atoms with Gasteiger partial charge in [-0.05, 0) is 12.8 Å². The summed E-state index contributed by atoms with van der Waals surface area (Å²) < 4.78 is 0. The number of carboxylic acids is 1. The first kappa shape index (κ1) is 12.6. The zero-order valence-electron chi connectivity index (χ0n) is 7.68.